The summed E-state index contributed by atoms with van der Waals surface area (Å²) in [4.78, 5) is 30.8. The van der Waals surface area contributed by atoms with Crippen LogP contribution in [0, 0.1) is 0 Å². The highest BCUT2D eigenvalue weighted by atomic mass is 79.9. The number of anilines is 1. The maximum atomic E-state index is 13.3. The van der Waals surface area contributed by atoms with E-state index >= 15 is 0 Å². The van der Waals surface area contributed by atoms with Gasteiger partial charge in [0, 0.05) is 12.6 Å². The van der Waals surface area contributed by atoms with Crippen LogP contribution in [-0.2, 0) is 19.6 Å². The summed E-state index contributed by atoms with van der Waals surface area (Å²) >= 11 is 3.34. The van der Waals surface area contributed by atoms with Crippen LogP contribution in [0.25, 0.3) is 11.2 Å². The smallest absolute Gasteiger partial charge is 0.332 e. The van der Waals surface area contributed by atoms with Crippen molar-refractivity contribution < 1.29 is 10.2 Å². The van der Waals surface area contributed by atoms with Gasteiger partial charge in [-0.2, -0.15) is 4.98 Å². The van der Waals surface area contributed by atoms with E-state index in [-0.39, 0.29) is 37.1 Å². The minimum atomic E-state index is -0.474. The molecule has 0 saturated heterocycles. The van der Waals surface area contributed by atoms with E-state index in [4.69, 9.17) is 0 Å². The summed E-state index contributed by atoms with van der Waals surface area (Å²) in [7, 11) is 0. The third-order valence-electron chi connectivity index (χ3n) is 5.80. The van der Waals surface area contributed by atoms with Crippen molar-refractivity contribution in [1.82, 2.24) is 18.7 Å². The van der Waals surface area contributed by atoms with E-state index in [0.717, 1.165) is 31.2 Å². The van der Waals surface area contributed by atoms with Crippen LogP contribution >= 0.6 is 15.9 Å². The molecule has 4 rings (SSSR count). The zero-order valence-electron chi connectivity index (χ0n) is 17.3. The number of fused-ring (bicyclic) bond motifs is 1. The number of phenolic OH excluding ortho intramolecular Hbond substituents is 1. The van der Waals surface area contributed by atoms with Crippen LogP contribution in [0.2, 0.25) is 0 Å². The number of aromatic nitrogens is 4. The van der Waals surface area contributed by atoms with Gasteiger partial charge in [0.25, 0.3) is 5.56 Å². The van der Waals surface area contributed by atoms with Crippen LogP contribution in [0.5, 0.6) is 5.75 Å². The normalized spacial score (nSPS) is 14.5. The fourth-order valence-electron chi connectivity index (χ4n) is 4.22. The molecule has 3 N–H and O–H groups in total. The first-order chi connectivity index (χ1) is 14.9. The zero-order chi connectivity index (χ0) is 22.1. The van der Waals surface area contributed by atoms with Gasteiger partial charge in [0.2, 0.25) is 5.95 Å². The molecule has 1 saturated carbocycles. The second-order valence-corrected chi connectivity index (χ2v) is 8.67. The highest BCUT2D eigenvalue weighted by Crippen LogP contribution is 2.27. The van der Waals surface area contributed by atoms with Crippen LogP contribution in [0.3, 0.4) is 0 Å². The average molecular weight is 492 g/mol. The minimum Gasteiger partial charge on any atom is -0.507 e. The number of imidazole rings is 1. The first-order valence-corrected chi connectivity index (χ1v) is 11.3. The largest absolute Gasteiger partial charge is 0.507 e. The van der Waals surface area contributed by atoms with Crippen molar-refractivity contribution in [3.63, 3.8) is 0 Å². The summed E-state index contributed by atoms with van der Waals surface area (Å²) in [5.74, 6) is 0.664. The lowest BCUT2D eigenvalue weighted by Gasteiger charge is -2.15. The van der Waals surface area contributed by atoms with Crippen molar-refractivity contribution in [3.05, 3.63) is 49.1 Å². The minimum absolute atomic E-state index is 0.0558. The quantitative estimate of drug-likeness (QED) is 0.466. The van der Waals surface area contributed by atoms with Crippen molar-refractivity contribution in [3.8, 4) is 5.75 Å². The van der Waals surface area contributed by atoms with E-state index in [2.05, 4.69) is 26.2 Å². The molecule has 2 aromatic heterocycles. The molecule has 10 heteroatoms. The Bertz CT molecular complexity index is 1220. The molecule has 3 aromatic rings. The van der Waals surface area contributed by atoms with Gasteiger partial charge in [-0.05, 0) is 53.4 Å². The molecule has 166 valence electrons. The summed E-state index contributed by atoms with van der Waals surface area (Å²) in [6.07, 6.45) is 4.33. The Morgan fingerprint density at radius 1 is 1.19 bits per heavy atom. The van der Waals surface area contributed by atoms with Crippen LogP contribution in [0.15, 0.2) is 32.3 Å². The average Bonchev–Trinajstić information content (AvgIpc) is 3.37. The number of aliphatic hydroxyl groups is 1. The molecule has 0 radical (unpaired) electrons. The Labute approximate surface area is 187 Å². The standard InChI is InChI=1S/C21H26BrN5O4/c1-2-25-19(30)17-18(26(9-10-28)21(25)31)24-20(23-14-5-3-4-6-14)27(17)12-13-7-8-16(29)15(22)11-13/h7-8,11,14,28-29H,2-6,9-10,12H2,1H3,(H,23,24). The maximum absolute atomic E-state index is 13.3. The number of hydrogen-bond acceptors (Lipinski definition) is 6. The summed E-state index contributed by atoms with van der Waals surface area (Å²) in [6.45, 7) is 2.12. The molecule has 1 aliphatic carbocycles. The molecule has 31 heavy (non-hydrogen) atoms. The molecular weight excluding hydrogens is 466 g/mol. The van der Waals surface area contributed by atoms with Crippen molar-refractivity contribution in [1.29, 1.82) is 0 Å². The molecule has 0 unspecified atom stereocenters. The first-order valence-electron chi connectivity index (χ1n) is 10.5. The van der Waals surface area contributed by atoms with E-state index in [1.165, 1.54) is 9.13 Å². The lowest BCUT2D eigenvalue weighted by Crippen LogP contribution is -2.40. The number of nitrogens with one attached hydrogen (secondary N) is 1. The van der Waals surface area contributed by atoms with Crippen molar-refractivity contribution in [2.24, 2.45) is 0 Å². The molecule has 1 fully saturated rings. The molecule has 1 aromatic carbocycles. The Morgan fingerprint density at radius 2 is 1.94 bits per heavy atom. The summed E-state index contributed by atoms with van der Waals surface area (Å²) in [5, 5.41) is 22.8. The molecule has 0 bridgehead atoms. The Morgan fingerprint density at radius 3 is 2.58 bits per heavy atom. The number of hydrogen-bond donors (Lipinski definition) is 3. The summed E-state index contributed by atoms with van der Waals surface area (Å²) in [6, 6.07) is 5.43. The van der Waals surface area contributed by atoms with Crippen LogP contribution in [-0.4, -0.2) is 41.5 Å². The molecule has 9 nitrogen and oxygen atoms in total. The van der Waals surface area contributed by atoms with Gasteiger partial charge >= 0.3 is 5.69 Å². The van der Waals surface area contributed by atoms with Gasteiger partial charge in [0.15, 0.2) is 11.2 Å². The third kappa shape index (κ3) is 4.01. The van der Waals surface area contributed by atoms with Gasteiger partial charge in [0.1, 0.15) is 5.75 Å². The molecule has 0 atom stereocenters. The first kappa shape index (κ1) is 21.6. The van der Waals surface area contributed by atoms with Crippen molar-refractivity contribution in [2.75, 3.05) is 11.9 Å². The predicted molar refractivity (Wildman–Crippen MR) is 122 cm³/mol. The highest BCUT2D eigenvalue weighted by Gasteiger charge is 2.24. The van der Waals surface area contributed by atoms with Gasteiger partial charge in [0.05, 0.1) is 24.2 Å². The van der Waals surface area contributed by atoms with E-state index < -0.39 is 11.2 Å². The zero-order valence-corrected chi connectivity index (χ0v) is 18.9. The monoisotopic (exact) mass is 491 g/mol. The number of aliphatic hydroxyl groups excluding tert-OH is 1. The molecule has 0 spiro atoms. The van der Waals surface area contributed by atoms with Gasteiger partial charge in [-0.15, -0.1) is 0 Å². The SMILES string of the molecule is CCn1c(=O)c2c(nc(NC3CCCC3)n2Cc2ccc(O)c(Br)c2)n(CCO)c1=O. The number of rotatable bonds is 7. The Hall–Kier alpha value is -2.59. The van der Waals surface area contributed by atoms with E-state index in [0.29, 0.717) is 22.5 Å². The van der Waals surface area contributed by atoms with E-state index in [1.54, 1.807) is 29.7 Å². The second-order valence-electron chi connectivity index (χ2n) is 7.81. The molecular formula is C21H26BrN5O4. The second kappa shape index (κ2) is 8.88. The van der Waals surface area contributed by atoms with Gasteiger partial charge in [-0.3, -0.25) is 18.5 Å². The summed E-state index contributed by atoms with van der Waals surface area (Å²) < 4.78 is 4.89. The molecule has 0 amide bonds. The highest BCUT2D eigenvalue weighted by molar-refractivity contribution is 9.10. The number of benzene rings is 1. The number of phenols is 1. The Balaban J connectivity index is 1.94. The van der Waals surface area contributed by atoms with Crippen molar-refractivity contribution in [2.45, 2.75) is 58.3 Å². The van der Waals surface area contributed by atoms with Gasteiger partial charge < -0.3 is 15.5 Å². The van der Waals surface area contributed by atoms with Crippen LogP contribution in [0.4, 0.5) is 5.95 Å². The topological polar surface area (TPSA) is 114 Å². The fraction of sp³-hybridized carbons (Fsp3) is 0.476. The molecule has 1 aliphatic rings. The van der Waals surface area contributed by atoms with Crippen molar-refractivity contribution >= 4 is 33.0 Å². The summed E-state index contributed by atoms with van der Waals surface area (Å²) in [5.41, 5.74) is 0.576. The van der Waals surface area contributed by atoms with Gasteiger partial charge in [-0.1, -0.05) is 18.9 Å². The Kier molecular flexibility index (Phi) is 6.19. The predicted octanol–water partition coefficient (Wildman–Crippen LogP) is 2.24. The third-order valence-corrected chi connectivity index (χ3v) is 6.43. The van der Waals surface area contributed by atoms with Crippen LogP contribution in [0.1, 0.15) is 38.2 Å². The number of nitrogens with zero attached hydrogens (tertiary/aromatic N) is 4. The van der Waals surface area contributed by atoms with E-state index in [9.17, 15) is 19.8 Å². The lowest BCUT2D eigenvalue weighted by molar-refractivity contribution is 0.274. The fourth-order valence-corrected chi connectivity index (χ4v) is 4.65. The number of aromatic hydroxyl groups is 1. The maximum Gasteiger partial charge on any atom is 0.332 e. The van der Waals surface area contributed by atoms with Gasteiger partial charge in [-0.25, -0.2) is 4.79 Å². The van der Waals surface area contributed by atoms with E-state index in [1.807, 2.05) is 0 Å². The molecule has 0 aliphatic heterocycles. The number of halogens is 1. The molecule has 2 heterocycles. The lowest BCUT2D eigenvalue weighted by atomic mass is 10.2. The van der Waals surface area contributed by atoms with Crippen LogP contribution < -0.4 is 16.6 Å².